The molecule has 4 aliphatic rings. The van der Waals surface area contributed by atoms with Gasteiger partial charge < -0.3 is 14.4 Å². The van der Waals surface area contributed by atoms with Crippen LogP contribution in [-0.4, -0.2) is 37.3 Å². The summed E-state index contributed by atoms with van der Waals surface area (Å²) >= 11 is 6.11. The summed E-state index contributed by atoms with van der Waals surface area (Å²) in [6.45, 7) is 0.128. The number of hydrogen-bond donors (Lipinski definition) is 0. The van der Waals surface area contributed by atoms with E-state index < -0.39 is 11.9 Å². The molecule has 0 N–H and O–H groups in total. The first kappa shape index (κ1) is 23.0. The number of hydrogen-bond acceptors (Lipinski definition) is 6. The Balaban J connectivity index is 1.17. The monoisotopic (exact) mass is 508 g/mol. The third-order valence-electron chi connectivity index (χ3n) is 8.11. The van der Waals surface area contributed by atoms with Gasteiger partial charge in [0, 0.05) is 24.1 Å². The van der Waals surface area contributed by atoms with E-state index in [-0.39, 0.29) is 48.3 Å². The predicted molar refractivity (Wildman–Crippen MR) is 131 cm³/mol. The molecule has 36 heavy (non-hydrogen) atoms. The van der Waals surface area contributed by atoms with Crippen molar-refractivity contribution >= 4 is 46.7 Å². The minimum Gasteiger partial charge on any atom is -0.495 e. The van der Waals surface area contributed by atoms with Crippen molar-refractivity contribution in [1.29, 1.82) is 0 Å². The zero-order valence-electron chi connectivity index (χ0n) is 19.7. The molecule has 2 aromatic carbocycles. The number of esters is 1. The van der Waals surface area contributed by atoms with Crippen molar-refractivity contribution in [2.45, 2.75) is 25.7 Å². The molecule has 2 bridgehead atoms. The summed E-state index contributed by atoms with van der Waals surface area (Å²) in [5.74, 6) is -0.915. The van der Waals surface area contributed by atoms with E-state index in [1.807, 2.05) is 0 Å². The van der Waals surface area contributed by atoms with Crippen molar-refractivity contribution in [1.82, 2.24) is 0 Å². The Morgan fingerprint density at radius 1 is 1.00 bits per heavy atom. The van der Waals surface area contributed by atoms with Gasteiger partial charge in [0.15, 0.2) is 0 Å². The van der Waals surface area contributed by atoms with Gasteiger partial charge in [-0.15, -0.1) is 0 Å². The second-order valence-electron chi connectivity index (χ2n) is 10.0. The molecule has 5 atom stereocenters. The first-order chi connectivity index (χ1) is 17.4. The van der Waals surface area contributed by atoms with Gasteiger partial charge >= 0.3 is 5.97 Å². The molecule has 0 unspecified atom stereocenters. The smallest absolute Gasteiger partial charge is 0.316 e. The van der Waals surface area contributed by atoms with Gasteiger partial charge in [-0.05, 0) is 61.4 Å². The van der Waals surface area contributed by atoms with Crippen molar-refractivity contribution in [2.24, 2.45) is 29.6 Å². The SMILES string of the molecule is COc1ccc(Cl)cc1N1C[C@@H](C(=O)Oc2cccc(N3C(=O)[C@@H]4[C@H]5CC[C@@H](C5)[C@@H]4C3=O)c2)CC1=O. The van der Waals surface area contributed by atoms with Gasteiger partial charge in [-0.25, -0.2) is 4.90 Å². The van der Waals surface area contributed by atoms with Crippen molar-refractivity contribution in [3.63, 3.8) is 0 Å². The van der Waals surface area contributed by atoms with Crippen LogP contribution < -0.4 is 19.3 Å². The summed E-state index contributed by atoms with van der Waals surface area (Å²) in [6, 6.07) is 11.4. The van der Waals surface area contributed by atoms with E-state index in [9.17, 15) is 19.2 Å². The molecule has 3 amide bonds. The summed E-state index contributed by atoms with van der Waals surface area (Å²) in [5, 5.41) is 0.449. The first-order valence-electron chi connectivity index (χ1n) is 12.2. The van der Waals surface area contributed by atoms with Crippen LogP contribution >= 0.6 is 11.6 Å². The number of anilines is 2. The van der Waals surface area contributed by atoms with Crippen LogP contribution in [0.15, 0.2) is 42.5 Å². The molecule has 2 aliphatic carbocycles. The van der Waals surface area contributed by atoms with Gasteiger partial charge in [-0.1, -0.05) is 17.7 Å². The van der Waals surface area contributed by atoms with Gasteiger partial charge in [0.05, 0.1) is 36.2 Å². The van der Waals surface area contributed by atoms with E-state index >= 15 is 0 Å². The Kier molecular flexibility index (Phi) is 5.52. The summed E-state index contributed by atoms with van der Waals surface area (Å²) in [7, 11) is 1.50. The molecule has 186 valence electrons. The lowest BCUT2D eigenvalue weighted by molar-refractivity contribution is -0.139. The summed E-state index contributed by atoms with van der Waals surface area (Å²) in [4.78, 5) is 54.7. The van der Waals surface area contributed by atoms with Gasteiger partial charge in [0.25, 0.3) is 0 Å². The van der Waals surface area contributed by atoms with Gasteiger partial charge in [-0.2, -0.15) is 0 Å². The zero-order valence-corrected chi connectivity index (χ0v) is 20.4. The number of rotatable bonds is 5. The molecular formula is C27H25ClN2O6. The topological polar surface area (TPSA) is 93.2 Å². The van der Waals surface area contributed by atoms with Gasteiger partial charge in [-0.3, -0.25) is 19.2 Å². The van der Waals surface area contributed by atoms with Crippen molar-refractivity contribution < 1.29 is 28.7 Å². The molecule has 0 spiro atoms. The lowest BCUT2D eigenvalue weighted by atomic mass is 9.81. The number of carbonyl (C=O) groups is 4. The molecule has 2 aromatic rings. The molecule has 2 aliphatic heterocycles. The molecule has 9 heteroatoms. The van der Waals surface area contributed by atoms with Gasteiger partial charge in [0.1, 0.15) is 11.5 Å². The average Bonchev–Trinajstić information content (AvgIpc) is 3.62. The van der Waals surface area contributed by atoms with Crippen molar-refractivity contribution in [2.75, 3.05) is 23.5 Å². The maximum absolute atomic E-state index is 13.1. The summed E-state index contributed by atoms with van der Waals surface area (Å²) < 4.78 is 11.0. The average molecular weight is 509 g/mol. The molecule has 2 saturated heterocycles. The normalized spacial score (nSPS) is 28.7. The third kappa shape index (κ3) is 3.58. The van der Waals surface area contributed by atoms with E-state index in [0.29, 0.717) is 34.0 Å². The second kappa shape index (κ2) is 8.62. The van der Waals surface area contributed by atoms with Crippen molar-refractivity contribution in [3.8, 4) is 11.5 Å². The van der Waals surface area contributed by atoms with E-state index in [1.54, 1.807) is 42.5 Å². The van der Waals surface area contributed by atoms with Crippen LogP contribution in [-0.2, 0) is 19.2 Å². The van der Waals surface area contributed by atoms with Crippen LogP contribution in [0.1, 0.15) is 25.7 Å². The van der Waals surface area contributed by atoms with E-state index in [4.69, 9.17) is 21.1 Å². The van der Waals surface area contributed by atoms with Crippen LogP contribution in [0.5, 0.6) is 11.5 Å². The predicted octanol–water partition coefficient (Wildman–Crippen LogP) is 3.84. The lowest BCUT2D eigenvalue weighted by Gasteiger charge is -2.20. The Bertz CT molecular complexity index is 1270. The number of imide groups is 1. The summed E-state index contributed by atoms with van der Waals surface area (Å²) in [6.07, 6.45) is 2.98. The largest absolute Gasteiger partial charge is 0.495 e. The molecule has 8 nitrogen and oxygen atoms in total. The highest BCUT2D eigenvalue weighted by molar-refractivity contribution is 6.31. The number of benzene rings is 2. The van der Waals surface area contributed by atoms with Crippen molar-refractivity contribution in [3.05, 3.63) is 47.5 Å². The van der Waals surface area contributed by atoms with Crippen LogP contribution in [0.4, 0.5) is 11.4 Å². The molecule has 2 saturated carbocycles. The molecular weight excluding hydrogens is 484 g/mol. The van der Waals surface area contributed by atoms with E-state index in [0.717, 1.165) is 19.3 Å². The van der Waals surface area contributed by atoms with E-state index in [2.05, 4.69) is 0 Å². The minimum absolute atomic E-state index is 0.0105. The molecule has 0 radical (unpaired) electrons. The quantitative estimate of drug-likeness (QED) is 0.346. The second-order valence-corrected chi connectivity index (χ2v) is 10.5. The number of halogens is 1. The maximum Gasteiger partial charge on any atom is 0.316 e. The molecule has 0 aromatic heterocycles. The Morgan fingerprint density at radius 2 is 1.72 bits per heavy atom. The number of carbonyl (C=O) groups excluding carboxylic acids is 4. The zero-order chi connectivity index (χ0) is 25.1. The van der Waals surface area contributed by atoms with Gasteiger partial charge in [0.2, 0.25) is 17.7 Å². The summed E-state index contributed by atoms with van der Waals surface area (Å²) in [5.41, 5.74) is 0.912. The van der Waals surface area contributed by atoms with Crippen LogP contribution in [0.2, 0.25) is 5.02 Å². The fourth-order valence-corrected chi connectivity index (χ4v) is 6.69. The number of methoxy groups -OCH3 is 1. The Hall–Kier alpha value is -3.39. The first-order valence-corrected chi connectivity index (χ1v) is 12.6. The molecule has 4 fully saturated rings. The number of nitrogens with zero attached hydrogens (tertiary/aromatic N) is 2. The Morgan fingerprint density at radius 3 is 2.42 bits per heavy atom. The highest BCUT2D eigenvalue weighted by Gasteiger charge is 2.61. The minimum atomic E-state index is -0.685. The Labute approximate surface area is 213 Å². The highest BCUT2D eigenvalue weighted by Crippen LogP contribution is 2.56. The lowest BCUT2D eigenvalue weighted by Crippen LogP contribution is -2.32. The van der Waals surface area contributed by atoms with Crippen LogP contribution in [0.25, 0.3) is 0 Å². The number of amides is 3. The molecule has 6 rings (SSSR count). The maximum atomic E-state index is 13.1. The number of fused-ring (bicyclic) bond motifs is 5. The van der Waals surface area contributed by atoms with Crippen LogP contribution in [0, 0.1) is 29.6 Å². The highest BCUT2D eigenvalue weighted by atomic mass is 35.5. The van der Waals surface area contributed by atoms with Crippen LogP contribution in [0.3, 0.4) is 0 Å². The van der Waals surface area contributed by atoms with E-state index in [1.165, 1.54) is 16.9 Å². The number of ether oxygens (including phenoxy) is 2. The fraction of sp³-hybridized carbons (Fsp3) is 0.407. The fourth-order valence-electron chi connectivity index (χ4n) is 6.52. The standard InChI is InChI=1S/C27H25ClN2O6/c1-35-21-8-7-17(28)11-20(21)29-13-16(10-22(29)31)27(34)36-19-4-2-3-18(12-19)30-25(32)23-14-5-6-15(9-14)24(23)26(30)33/h2-4,7-8,11-12,14-16,23-24H,5-6,9-10,13H2,1H3/t14-,15-,16-,23-,24+/m0/s1. The third-order valence-corrected chi connectivity index (χ3v) is 8.35. The molecule has 2 heterocycles.